The van der Waals surface area contributed by atoms with Crippen LogP contribution in [0.2, 0.25) is 0 Å². The minimum absolute atomic E-state index is 0.0528. The van der Waals surface area contributed by atoms with E-state index in [1.807, 2.05) is 30.5 Å². The highest BCUT2D eigenvalue weighted by Gasteiger charge is 2.09. The highest BCUT2D eigenvalue weighted by atomic mass is 16.5. The molecule has 0 aliphatic carbocycles. The van der Waals surface area contributed by atoms with Gasteiger partial charge in [-0.25, -0.2) is 4.79 Å². The number of aliphatic hydroxyl groups is 1. The van der Waals surface area contributed by atoms with Crippen molar-refractivity contribution in [3.63, 3.8) is 0 Å². The third-order valence-corrected chi connectivity index (χ3v) is 3.34. The number of fused-ring (bicyclic) bond motifs is 1. The maximum absolute atomic E-state index is 11.9. The van der Waals surface area contributed by atoms with E-state index in [4.69, 9.17) is 9.84 Å². The van der Waals surface area contributed by atoms with E-state index < -0.39 is 0 Å². The van der Waals surface area contributed by atoms with Gasteiger partial charge in [-0.1, -0.05) is 6.07 Å². The lowest BCUT2D eigenvalue weighted by Crippen LogP contribution is -2.33. The molecule has 0 saturated carbocycles. The summed E-state index contributed by atoms with van der Waals surface area (Å²) in [7, 11) is 3.32. The Hall–Kier alpha value is -2.05. The summed E-state index contributed by atoms with van der Waals surface area (Å²) >= 11 is 0. The van der Waals surface area contributed by atoms with Gasteiger partial charge in [-0.2, -0.15) is 0 Å². The number of ether oxygens (including phenoxy) is 1. The predicted octanol–water partition coefficient (Wildman–Crippen LogP) is 1.74. The molecular weight excluding hydrogens is 270 g/mol. The van der Waals surface area contributed by atoms with Gasteiger partial charge in [-0.3, -0.25) is 0 Å². The number of urea groups is 1. The molecule has 6 heteroatoms. The van der Waals surface area contributed by atoms with Crippen LogP contribution in [0, 0.1) is 0 Å². The quantitative estimate of drug-likeness (QED) is 0.852. The van der Waals surface area contributed by atoms with E-state index in [1.54, 1.807) is 14.2 Å². The number of nitrogens with one attached hydrogen (secondary N) is 1. The first-order valence-corrected chi connectivity index (χ1v) is 6.86. The number of carbonyl (C=O) groups is 1. The Morgan fingerprint density at radius 1 is 1.43 bits per heavy atom. The van der Waals surface area contributed by atoms with E-state index >= 15 is 0 Å². The molecule has 1 aromatic heterocycles. The molecule has 2 aromatic rings. The normalized spacial score (nSPS) is 10.8. The van der Waals surface area contributed by atoms with Gasteiger partial charge in [0, 0.05) is 39.1 Å². The average molecular weight is 291 g/mol. The first-order chi connectivity index (χ1) is 10.2. The molecule has 0 fully saturated rings. The monoisotopic (exact) mass is 291 g/mol. The maximum Gasteiger partial charge on any atom is 0.321 e. The SMILES string of the molecule is COCCn1ccc2ccc(NC(=O)N(C)CCO)cc21. The molecule has 1 aromatic carbocycles. The molecule has 0 aliphatic rings. The van der Waals surface area contributed by atoms with Crippen LogP contribution >= 0.6 is 0 Å². The molecule has 0 saturated heterocycles. The topological polar surface area (TPSA) is 66.7 Å². The molecule has 0 atom stereocenters. The highest BCUT2D eigenvalue weighted by Crippen LogP contribution is 2.20. The molecule has 0 bridgehead atoms. The van der Waals surface area contributed by atoms with Crippen molar-refractivity contribution in [3.8, 4) is 0 Å². The molecule has 2 amide bonds. The van der Waals surface area contributed by atoms with Crippen molar-refractivity contribution in [1.29, 1.82) is 0 Å². The first kappa shape index (κ1) is 15.3. The molecule has 2 rings (SSSR count). The lowest BCUT2D eigenvalue weighted by Gasteiger charge is -2.16. The zero-order valence-electron chi connectivity index (χ0n) is 12.4. The Morgan fingerprint density at radius 3 is 2.95 bits per heavy atom. The lowest BCUT2D eigenvalue weighted by molar-refractivity contribution is 0.188. The minimum atomic E-state index is -0.238. The summed E-state index contributed by atoms with van der Waals surface area (Å²) in [6.45, 7) is 1.66. The second kappa shape index (κ2) is 7.10. The molecule has 1 heterocycles. The molecule has 114 valence electrons. The Kier molecular flexibility index (Phi) is 5.19. The number of hydrogen-bond acceptors (Lipinski definition) is 3. The van der Waals surface area contributed by atoms with Crippen molar-refractivity contribution in [1.82, 2.24) is 9.47 Å². The number of hydrogen-bond donors (Lipinski definition) is 2. The van der Waals surface area contributed by atoms with E-state index in [0.29, 0.717) is 13.2 Å². The number of rotatable bonds is 6. The summed E-state index contributed by atoms with van der Waals surface area (Å²) in [4.78, 5) is 13.3. The van der Waals surface area contributed by atoms with Crippen LogP contribution in [-0.2, 0) is 11.3 Å². The third kappa shape index (κ3) is 3.74. The highest BCUT2D eigenvalue weighted by molar-refractivity contribution is 5.92. The van der Waals surface area contributed by atoms with Gasteiger partial charge in [0.15, 0.2) is 0 Å². The second-order valence-corrected chi connectivity index (χ2v) is 4.85. The second-order valence-electron chi connectivity index (χ2n) is 4.85. The molecule has 0 aliphatic heterocycles. The summed E-state index contributed by atoms with van der Waals surface area (Å²) in [6, 6.07) is 7.58. The fourth-order valence-electron chi connectivity index (χ4n) is 2.12. The number of carbonyl (C=O) groups excluding carboxylic acids is 1. The molecule has 0 unspecified atom stereocenters. The molecule has 6 nitrogen and oxygen atoms in total. The number of aromatic nitrogens is 1. The van der Waals surface area contributed by atoms with Crippen LogP contribution in [-0.4, -0.2) is 54.5 Å². The van der Waals surface area contributed by atoms with E-state index in [9.17, 15) is 4.79 Å². The van der Waals surface area contributed by atoms with E-state index in [1.165, 1.54) is 4.90 Å². The standard InChI is InChI=1S/C15H21N3O3/c1-17(7-9-19)15(20)16-13-4-3-12-5-6-18(8-10-21-2)14(12)11-13/h3-6,11,19H,7-10H2,1-2H3,(H,16,20). The Bertz CT molecular complexity index is 609. The van der Waals surface area contributed by atoms with Crippen molar-refractivity contribution in [2.24, 2.45) is 0 Å². The van der Waals surface area contributed by atoms with Gasteiger partial charge >= 0.3 is 6.03 Å². The van der Waals surface area contributed by atoms with Crippen LogP contribution in [0.15, 0.2) is 30.5 Å². The van der Waals surface area contributed by atoms with E-state index in [-0.39, 0.29) is 12.6 Å². The summed E-state index contributed by atoms with van der Waals surface area (Å²) in [5.74, 6) is 0. The molecular formula is C15H21N3O3. The summed E-state index contributed by atoms with van der Waals surface area (Å²) in [5, 5.41) is 12.8. The van der Waals surface area contributed by atoms with Gasteiger partial charge in [0.05, 0.1) is 18.7 Å². The lowest BCUT2D eigenvalue weighted by atomic mass is 10.2. The van der Waals surface area contributed by atoms with Crippen LogP contribution in [0.3, 0.4) is 0 Å². The predicted molar refractivity (Wildman–Crippen MR) is 82.5 cm³/mol. The van der Waals surface area contributed by atoms with Crippen molar-refractivity contribution in [2.75, 3.05) is 39.2 Å². The number of amides is 2. The maximum atomic E-state index is 11.9. The summed E-state index contributed by atoms with van der Waals surface area (Å²) in [5.41, 5.74) is 1.78. The first-order valence-electron chi connectivity index (χ1n) is 6.86. The van der Waals surface area contributed by atoms with Crippen LogP contribution < -0.4 is 5.32 Å². The molecule has 2 N–H and O–H groups in total. The number of methoxy groups -OCH3 is 1. The van der Waals surface area contributed by atoms with Crippen molar-refractivity contribution >= 4 is 22.6 Å². The molecule has 0 radical (unpaired) electrons. The Balaban J connectivity index is 2.15. The number of likely N-dealkylation sites (N-methyl/N-ethyl adjacent to an activating group) is 1. The number of nitrogens with zero attached hydrogens (tertiary/aromatic N) is 2. The summed E-state index contributed by atoms with van der Waals surface area (Å²) < 4.78 is 7.19. The van der Waals surface area contributed by atoms with E-state index in [2.05, 4.69) is 9.88 Å². The largest absolute Gasteiger partial charge is 0.395 e. The van der Waals surface area contributed by atoms with Crippen LogP contribution in [0.25, 0.3) is 10.9 Å². The number of aliphatic hydroxyl groups excluding tert-OH is 1. The van der Waals surface area contributed by atoms with Gasteiger partial charge in [0.25, 0.3) is 0 Å². The Labute approximate surface area is 123 Å². The average Bonchev–Trinajstić information content (AvgIpc) is 2.87. The fourth-order valence-corrected chi connectivity index (χ4v) is 2.12. The van der Waals surface area contributed by atoms with Crippen LogP contribution in [0.5, 0.6) is 0 Å². The Morgan fingerprint density at radius 2 is 2.24 bits per heavy atom. The molecule has 0 spiro atoms. The fraction of sp³-hybridized carbons (Fsp3) is 0.400. The number of anilines is 1. The van der Waals surface area contributed by atoms with Crippen molar-refractivity contribution < 1.29 is 14.6 Å². The minimum Gasteiger partial charge on any atom is -0.395 e. The van der Waals surface area contributed by atoms with Crippen LogP contribution in [0.1, 0.15) is 0 Å². The third-order valence-electron chi connectivity index (χ3n) is 3.34. The van der Waals surface area contributed by atoms with Gasteiger partial charge in [-0.15, -0.1) is 0 Å². The zero-order valence-corrected chi connectivity index (χ0v) is 12.4. The summed E-state index contributed by atoms with van der Waals surface area (Å²) in [6.07, 6.45) is 2.01. The van der Waals surface area contributed by atoms with Crippen LogP contribution in [0.4, 0.5) is 10.5 Å². The van der Waals surface area contributed by atoms with Crippen molar-refractivity contribution in [3.05, 3.63) is 30.5 Å². The van der Waals surface area contributed by atoms with Gasteiger partial charge in [0.2, 0.25) is 0 Å². The van der Waals surface area contributed by atoms with Gasteiger partial charge in [0.1, 0.15) is 0 Å². The number of benzene rings is 1. The zero-order chi connectivity index (χ0) is 15.2. The molecule has 21 heavy (non-hydrogen) atoms. The van der Waals surface area contributed by atoms with Gasteiger partial charge in [-0.05, 0) is 23.6 Å². The van der Waals surface area contributed by atoms with Gasteiger partial charge < -0.3 is 24.6 Å². The smallest absolute Gasteiger partial charge is 0.321 e. The van der Waals surface area contributed by atoms with Crippen molar-refractivity contribution in [2.45, 2.75) is 6.54 Å². The van der Waals surface area contributed by atoms with E-state index in [0.717, 1.165) is 23.1 Å².